The highest BCUT2D eigenvalue weighted by molar-refractivity contribution is 5.86. The molecule has 13 heavy (non-hydrogen) atoms. The first kappa shape index (κ1) is 9.77. The van der Waals surface area contributed by atoms with Crippen molar-refractivity contribution in [1.82, 2.24) is 5.32 Å². The molecule has 1 saturated carbocycles. The second-order valence-electron chi connectivity index (χ2n) is 3.11. The number of carbonyl (C=O) groups excluding carboxylic acids is 2. The highest BCUT2D eigenvalue weighted by Gasteiger charge is 2.29. The molecule has 0 aromatic rings. The maximum absolute atomic E-state index is 11.2. The van der Waals surface area contributed by atoms with E-state index in [2.05, 4.69) is 10.1 Å². The third kappa shape index (κ3) is 3.27. The van der Waals surface area contributed by atoms with Crippen LogP contribution in [0.1, 0.15) is 19.8 Å². The average Bonchev–Trinajstić information content (AvgIpc) is 2.85. The van der Waals surface area contributed by atoms with Crippen LogP contribution in [0.2, 0.25) is 0 Å². The molecule has 1 N–H and O–H groups in total. The maximum atomic E-state index is 11.2. The molecule has 0 unspecified atom stereocenters. The minimum atomic E-state index is -0.450. The molecular formula is C9H13NO3. The summed E-state index contributed by atoms with van der Waals surface area (Å²) in [6, 6.07) is 0. The standard InChI is InChI=1S/C9H13NO3/c1-6(5-8(11)13-2)10-9(12)7-3-4-7/h5,7H,3-4H2,1-2H3,(H,10,12)/b6-5-. The normalized spacial score (nSPS) is 16.6. The molecule has 0 saturated heterocycles. The predicted molar refractivity (Wildman–Crippen MR) is 46.6 cm³/mol. The first-order valence-corrected chi connectivity index (χ1v) is 4.20. The fourth-order valence-corrected chi connectivity index (χ4v) is 0.914. The van der Waals surface area contributed by atoms with E-state index in [4.69, 9.17) is 0 Å². The van der Waals surface area contributed by atoms with Crippen LogP contribution in [0.5, 0.6) is 0 Å². The van der Waals surface area contributed by atoms with Gasteiger partial charge in [-0.1, -0.05) is 0 Å². The molecule has 0 bridgehead atoms. The van der Waals surface area contributed by atoms with Gasteiger partial charge in [0.1, 0.15) is 0 Å². The predicted octanol–water partition coefficient (Wildman–Crippen LogP) is 0.589. The minimum Gasteiger partial charge on any atom is -0.466 e. The highest BCUT2D eigenvalue weighted by Crippen LogP contribution is 2.28. The maximum Gasteiger partial charge on any atom is 0.332 e. The molecule has 1 amide bonds. The van der Waals surface area contributed by atoms with Crippen molar-refractivity contribution in [3.8, 4) is 0 Å². The molecule has 0 aromatic carbocycles. The summed E-state index contributed by atoms with van der Waals surface area (Å²) >= 11 is 0. The number of methoxy groups -OCH3 is 1. The van der Waals surface area contributed by atoms with Gasteiger partial charge in [0.25, 0.3) is 0 Å². The zero-order valence-electron chi connectivity index (χ0n) is 7.79. The van der Waals surface area contributed by atoms with Crippen LogP contribution in [0.15, 0.2) is 11.8 Å². The lowest BCUT2D eigenvalue weighted by molar-refractivity contribution is -0.134. The van der Waals surface area contributed by atoms with Crippen LogP contribution in [0.4, 0.5) is 0 Å². The highest BCUT2D eigenvalue weighted by atomic mass is 16.5. The number of allylic oxidation sites excluding steroid dienone is 1. The lowest BCUT2D eigenvalue weighted by Crippen LogP contribution is -2.23. The summed E-state index contributed by atoms with van der Waals surface area (Å²) < 4.78 is 4.41. The van der Waals surface area contributed by atoms with E-state index in [-0.39, 0.29) is 11.8 Å². The van der Waals surface area contributed by atoms with Gasteiger partial charge in [-0.15, -0.1) is 0 Å². The summed E-state index contributed by atoms with van der Waals surface area (Å²) in [4.78, 5) is 21.9. The summed E-state index contributed by atoms with van der Waals surface area (Å²) in [5.74, 6) is -0.299. The van der Waals surface area contributed by atoms with Crippen molar-refractivity contribution in [1.29, 1.82) is 0 Å². The number of ether oxygens (including phenoxy) is 1. The van der Waals surface area contributed by atoms with Crippen molar-refractivity contribution in [3.05, 3.63) is 11.8 Å². The van der Waals surface area contributed by atoms with Gasteiger partial charge >= 0.3 is 5.97 Å². The van der Waals surface area contributed by atoms with Gasteiger partial charge in [0.05, 0.1) is 7.11 Å². The molecule has 0 radical (unpaired) electrons. The van der Waals surface area contributed by atoms with E-state index in [0.717, 1.165) is 12.8 Å². The fraction of sp³-hybridized carbons (Fsp3) is 0.556. The largest absolute Gasteiger partial charge is 0.466 e. The molecule has 1 aliphatic rings. The molecule has 4 nitrogen and oxygen atoms in total. The fourth-order valence-electron chi connectivity index (χ4n) is 0.914. The van der Waals surface area contributed by atoms with E-state index in [0.29, 0.717) is 5.70 Å². The Morgan fingerprint density at radius 1 is 1.46 bits per heavy atom. The van der Waals surface area contributed by atoms with Crippen molar-refractivity contribution in [2.45, 2.75) is 19.8 Å². The van der Waals surface area contributed by atoms with Crippen molar-refractivity contribution in [2.75, 3.05) is 7.11 Å². The first-order valence-electron chi connectivity index (χ1n) is 4.20. The molecule has 1 rings (SSSR count). The second-order valence-corrected chi connectivity index (χ2v) is 3.11. The van der Waals surface area contributed by atoms with Crippen LogP contribution in [-0.4, -0.2) is 19.0 Å². The Morgan fingerprint density at radius 2 is 2.08 bits per heavy atom. The van der Waals surface area contributed by atoms with Crippen molar-refractivity contribution in [3.63, 3.8) is 0 Å². The van der Waals surface area contributed by atoms with Crippen LogP contribution in [0, 0.1) is 5.92 Å². The molecule has 72 valence electrons. The van der Waals surface area contributed by atoms with Crippen LogP contribution < -0.4 is 5.32 Å². The van der Waals surface area contributed by atoms with Gasteiger partial charge < -0.3 is 10.1 Å². The number of hydrogen-bond acceptors (Lipinski definition) is 3. The van der Waals surface area contributed by atoms with E-state index in [1.54, 1.807) is 6.92 Å². The number of rotatable bonds is 3. The van der Waals surface area contributed by atoms with Gasteiger partial charge in [0, 0.05) is 17.7 Å². The van der Waals surface area contributed by atoms with E-state index in [1.165, 1.54) is 13.2 Å². The molecule has 1 aliphatic carbocycles. The first-order chi connectivity index (χ1) is 6.13. The zero-order chi connectivity index (χ0) is 9.84. The quantitative estimate of drug-likeness (QED) is 0.514. The van der Waals surface area contributed by atoms with Gasteiger partial charge in [-0.2, -0.15) is 0 Å². The van der Waals surface area contributed by atoms with Gasteiger partial charge in [0.2, 0.25) is 5.91 Å². The van der Waals surface area contributed by atoms with Crippen LogP contribution >= 0.6 is 0 Å². The van der Waals surface area contributed by atoms with Crippen molar-refractivity contribution < 1.29 is 14.3 Å². The molecule has 1 fully saturated rings. The molecule has 4 heteroatoms. The molecular weight excluding hydrogens is 170 g/mol. The van der Waals surface area contributed by atoms with Crippen molar-refractivity contribution >= 4 is 11.9 Å². The Bertz CT molecular complexity index is 254. The molecule has 0 spiro atoms. The zero-order valence-corrected chi connectivity index (χ0v) is 7.79. The van der Waals surface area contributed by atoms with Crippen LogP contribution in [0.3, 0.4) is 0 Å². The summed E-state index contributed by atoms with van der Waals surface area (Å²) in [6.07, 6.45) is 3.18. The molecule has 0 aliphatic heterocycles. The number of hydrogen-bond donors (Lipinski definition) is 1. The minimum absolute atomic E-state index is 0.00217. The summed E-state index contributed by atoms with van der Waals surface area (Å²) in [6.45, 7) is 1.66. The summed E-state index contributed by atoms with van der Waals surface area (Å²) in [7, 11) is 1.30. The van der Waals surface area contributed by atoms with Gasteiger partial charge in [-0.25, -0.2) is 4.79 Å². The number of amides is 1. The molecule has 0 atom stereocenters. The smallest absolute Gasteiger partial charge is 0.332 e. The Morgan fingerprint density at radius 3 is 2.54 bits per heavy atom. The van der Waals surface area contributed by atoms with E-state index in [1.807, 2.05) is 0 Å². The van der Waals surface area contributed by atoms with Gasteiger partial charge in [-0.05, 0) is 19.8 Å². The van der Waals surface area contributed by atoms with E-state index in [9.17, 15) is 9.59 Å². The SMILES string of the molecule is COC(=O)/C=C(/C)NC(=O)C1CC1. The monoisotopic (exact) mass is 183 g/mol. The van der Waals surface area contributed by atoms with Crippen molar-refractivity contribution in [2.24, 2.45) is 5.92 Å². The molecule has 0 heterocycles. The Balaban J connectivity index is 2.38. The average molecular weight is 183 g/mol. The lowest BCUT2D eigenvalue weighted by atomic mass is 10.3. The number of carbonyl (C=O) groups is 2. The number of nitrogens with one attached hydrogen (secondary N) is 1. The third-order valence-electron chi connectivity index (χ3n) is 1.80. The summed E-state index contributed by atoms with van der Waals surface area (Å²) in [5, 5.41) is 2.63. The van der Waals surface area contributed by atoms with Gasteiger partial charge in [-0.3, -0.25) is 4.79 Å². The van der Waals surface area contributed by atoms with E-state index < -0.39 is 5.97 Å². The third-order valence-corrected chi connectivity index (χ3v) is 1.80. The Kier molecular flexibility index (Phi) is 3.06. The second kappa shape index (κ2) is 4.07. The van der Waals surface area contributed by atoms with E-state index >= 15 is 0 Å². The van der Waals surface area contributed by atoms with Crippen LogP contribution in [-0.2, 0) is 14.3 Å². The van der Waals surface area contributed by atoms with Crippen LogP contribution in [0.25, 0.3) is 0 Å². The Hall–Kier alpha value is -1.32. The molecule has 0 aromatic heterocycles. The van der Waals surface area contributed by atoms with Gasteiger partial charge in [0.15, 0.2) is 0 Å². The lowest BCUT2D eigenvalue weighted by Gasteiger charge is -2.02. The topological polar surface area (TPSA) is 55.4 Å². The number of esters is 1. The summed E-state index contributed by atoms with van der Waals surface area (Å²) in [5.41, 5.74) is 0.531. The Labute approximate surface area is 76.9 Å².